The van der Waals surface area contributed by atoms with Crippen molar-refractivity contribution < 1.29 is 22.7 Å². The van der Waals surface area contributed by atoms with Crippen molar-refractivity contribution in [3.63, 3.8) is 0 Å². The maximum Gasteiger partial charge on any atom is 0.412 e. The molecule has 158 valence electrons. The quantitative estimate of drug-likeness (QED) is 0.547. The maximum atomic E-state index is 12.3. The van der Waals surface area contributed by atoms with Gasteiger partial charge in [-0.3, -0.25) is 10.1 Å². The zero-order chi connectivity index (χ0) is 21.2. The van der Waals surface area contributed by atoms with Crippen LogP contribution in [0, 0.1) is 0 Å². The topological polar surface area (TPSA) is 102 Å². The molecule has 0 unspecified atom stereocenters. The number of hydrogen-bond donors (Lipinski definition) is 2. The molecule has 0 aliphatic heterocycles. The number of anilines is 1. The average molecular weight is 413 g/mol. The number of unbranched alkanes of at least 4 members (excludes halogenated alkanes) is 5. The fourth-order valence-corrected chi connectivity index (χ4v) is 3.48. The molecule has 7 nitrogen and oxygen atoms in total. The van der Waals surface area contributed by atoms with Crippen molar-refractivity contribution in [3.8, 4) is 0 Å². The summed E-state index contributed by atoms with van der Waals surface area (Å²) in [5.74, 6) is -0.508. The van der Waals surface area contributed by atoms with E-state index >= 15 is 0 Å². The molecule has 0 spiro atoms. The fourth-order valence-electron chi connectivity index (χ4n) is 2.46. The highest BCUT2D eigenvalue weighted by Gasteiger charge is 2.19. The Morgan fingerprint density at radius 2 is 1.54 bits per heavy atom. The first-order valence-electron chi connectivity index (χ1n) is 9.69. The molecule has 0 aliphatic carbocycles. The van der Waals surface area contributed by atoms with Crippen LogP contribution in [0.3, 0.4) is 0 Å². The van der Waals surface area contributed by atoms with Crippen LogP contribution in [0.4, 0.5) is 10.5 Å². The largest absolute Gasteiger partial charge is 0.444 e. The second kappa shape index (κ2) is 11.0. The third kappa shape index (κ3) is 9.73. The second-order valence-corrected chi connectivity index (χ2v) is 9.38. The predicted octanol–water partition coefficient (Wildman–Crippen LogP) is 4.59. The number of hydrogen-bond acceptors (Lipinski definition) is 5. The van der Waals surface area contributed by atoms with E-state index in [2.05, 4.69) is 17.0 Å². The van der Waals surface area contributed by atoms with Gasteiger partial charge in [0, 0.05) is 12.1 Å². The second-order valence-electron chi connectivity index (χ2n) is 7.70. The van der Waals surface area contributed by atoms with E-state index in [9.17, 15) is 18.0 Å². The summed E-state index contributed by atoms with van der Waals surface area (Å²) < 4.78 is 31.8. The first-order valence-corrected chi connectivity index (χ1v) is 11.2. The highest BCUT2D eigenvalue weighted by Crippen LogP contribution is 2.16. The highest BCUT2D eigenvalue weighted by atomic mass is 32.2. The molecule has 0 heterocycles. The average Bonchev–Trinajstić information content (AvgIpc) is 2.56. The summed E-state index contributed by atoms with van der Waals surface area (Å²) in [6.45, 7) is 7.38. The lowest BCUT2D eigenvalue weighted by Crippen LogP contribution is -2.30. The third-order valence-corrected chi connectivity index (χ3v) is 5.20. The molecular weight excluding hydrogens is 380 g/mol. The van der Waals surface area contributed by atoms with Crippen LogP contribution >= 0.6 is 0 Å². The SMILES string of the molecule is CCCCCCCCC(=O)NS(=O)(=O)c1ccc(NC(=O)OC(C)(C)C)cc1. The van der Waals surface area contributed by atoms with Crippen molar-refractivity contribution in [2.24, 2.45) is 0 Å². The lowest BCUT2D eigenvalue weighted by Gasteiger charge is -2.19. The summed E-state index contributed by atoms with van der Waals surface area (Å²) in [6.07, 6.45) is 5.67. The molecule has 2 N–H and O–H groups in total. The molecule has 1 rings (SSSR count). The van der Waals surface area contributed by atoms with Crippen LogP contribution in [0.5, 0.6) is 0 Å². The van der Waals surface area contributed by atoms with Gasteiger partial charge in [-0.15, -0.1) is 0 Å². The molecule has 2 amide bonds. The Bertz CT molecular complexity index is 737. The Hall–Kier alpha value is -2.09. The molecule has 0 aromatic heterocycles. The van der Waals surface area contributed by atoms with Gasteiger partial charge in [0.2, 0.25) is 5.91 Å². The van der Waals surface area contributed by atoms with Gasteiger partial charge in [0.15, 0.2) is 0 Å². The van der Waals surface area contributed by atoms with Crippen LogP contribution in [0.1, 0.15) is 72.6 Å². The normalized spacial score (nSPS) is 11.7. The van der Waals surface area contributed by atoms with Crippen molar-refractivity contribution in [2.45, 2.75) is 83.1 Å². The number of carbonyl (C=O) groups is 2. The van der Waals surface area contributed by atoms with Crippen LogP contribution in [0.25, 0.3) is 0 Å². The van der Waals surface area contributed by atoms with Crippen molar-refractivity contribution in [1.82, 2.24) is 4.72 Å². The molecule has 0 aliphatic rings. The van der Waals surface area contributed by atoms with Gasteiger partial charge in [0.1, 0.15) is 5.60 Å². The van der Waals surface area contributed by atoms with Crippen LogP contribution in [0.2, 0.25) is 0 Å². The molecule has 0 radical (unpaired) electrons. The van der Waals surface area contributed by atoms with E-state index in [-0.39, 0.29) is 11.3 Å². The number of carbonyl (C=O) groups excluding carboxylic acids is 2. The summed E-state index contributed by atoms with van der Waals surface area (Å²) in [7, 11) is -3.93. The Morgan fingerprint density at radius 3 is 2.11 bits per heavy atom. The molecule has 28 heavy (non-hydrogen) atoms. The first kappa shape index (κ1) is 23.9. The van der Waals surface area contributed by atoms with Gasteiger partial charge in [-0.25, -0.2) is 17.9 Å². The summed E-state index contributed by atoms with van der Waals surface area (Å²) in [5, 5.41) is 2.52. The zero-order valence-corrected chi connectivity index (χ0v) is 18.0. The van der Waals surface area contributed by atoms with Gasteiger partial charge < -0.3 is 4.74 Å². The van der Waals surface area contributed by atoms with Crippen molar-refractivity contribution in [3.05, 3.63) is 24.3 Å². The summed E-state index contributed by atoms with van der Waals surface area (Å²) in [5.41, 5.74) is -0.236. The Labute approximate surface area is 168 Å². The molecule has 0 saturated heterocycles. The van der Waals surface area contributed by atoms with E-state index in [1.807, 2.05) is 0 Å². The van der Waals surface area contributed by atoms with Crippen molar-refractivity contribution in [1.29, 1.82) is 0 Å². The van der Waals surface area contributed by atoms with Crippen LogP contribution in [-0.4, -0.2) is 26.0 Å². The van der Waals surface area contributed by atoms with Crippen LogP contribution in [-0.2, 0) is 19.6 Å². The van der Waals surface area contributed by atoms with Gasteiger partial charge in [0.05, 0.1) is 4.90 Å². The zero-order valence-electron chi connectivity index (χ0n) is 17.2. The van der Waals surface area contributed by atoms with E-state index in [0.717, 1.165) is 25.7 Å². The van der Waals surface area contributed by atoms with Crippen LogP contribution < -0.4 is 10.0 Å². The Kier molecular flexibility index (Phi) is 9.45. The standard InChI is InChI=1S/C20H32N2O5S/c1-5-6-7-8-9-10-11-18(23)22-28(25,26)17-14-12-16(13-15-17)21-19(24)27-20(2,3)4/h12-15H,5-11H2,1-4H3,(H,21,24)(H,22,23). The van der Waals surface area contributed by atoms with E-state index in [0.29, 0.717) is 12.1 Å². The number of rotatable bonds is 10. The molecule has 0 saturated carbocycles. The third-order valence-electron chi connectivity index (χ3n) is 3.82. The number of benzene rings is 1. The molecule has 1 aromatic carbocycles. The van der Waals surface area contributed by atoms with E-state index in [1.165, 1.54) is 30.7 Å². The maximum absolute atomic E-state index is 12.3. The van der Waals surface area contributed by atoms with Gasteiger partial charge in [0.25, 0.3) is 10.0 Å². The van der Waals surface area contributed by atoms with Gasteiger partial charge in [-0.05, 0) is 51.5 Å². The molecule has 0 atom stereocenters. The predicted molar refractivity (Wildman–Crippen MR) is 110 cm³/mol. The molecule has 1 aromatic rings. The van der Waals surface area contributed by atoms with Gasteiger partial charge in [-0.2, -0.15) is 0 Å². The van der Waals surface area contributed by atoms with Crippen LogP contribution in [0.15, 0.2) is 29.2 Å². The lowest BCUT2D eigenvalue weighted by molar-refractivity contribution is -0.119. The summed E-state index contributed by atoms with van der Waals surface area (Å²) in [6, 6.07) is 5.54. The molecular formula is C20H32N2O5S. The Balaban J connectivity index is 2.52. The monoisotopic (exact) mass is 412 g/mol. The lowest BCUT2D eigenvalue weighted by atomic mass is 10.1. The summed E-state index contributed by atoms with van der Waals surface area (Å²) >= 11 is 0. The number of amides is 2. The number of nitrogens with one attached hydrogen (secondary N) is 2. The highest BCUT2D eigenvalue weighted by molar-refractivity contribution is 7.90. The Morgan fingerprint density at radius 1 is 0.964 bits per heavy atom. The fraction of sp³-hybridized carbons (Fsp3) is 0.600. The summed E-state index contributed by atoms with van der Waals surface area (Å²) in [4.78, 5) is 23.6. The first-order chi connectivity index (χ1) is 13.0. The molecule has 0 fully saturated rings. The molecule has 8 heteroatoms. The minimum absolute atomic E-state index is 0.0430. The van der Waals surface area contributed by atoms with Crippen molar-refractivity contribution in [2.75, 3.05) is 5.32 Å². The number of ether oxygens (including phenoxy) is 1. The molecule has 0 bridgehead atoms. The smallest absolute Gasteiger partial charge is 0.412 e. The van der Waals surface area contributed by atoms with E-state index in [1.54, 1.807) is 20.8 Å². The van der Waals surface area contributed by atoms with Gasteiger partial charge in [-0.1, -0.05) is 39.0 Å². The van der Waals surface area contributed by atoms with Crippen molar-refractivity contribution >= 4 is 27.7 Å². The number of sulfonamides is 1. The van der Waals surface area contributed by atoms with E-state index < -0.39 is 27.6 Å². The minimum Gasteiger partial charge on any atom is -0.444 e. The van der Waals surface area contributed by atoms with E-state index in [4.69, 9.17) is 4.74 Å². The van der Waals surface area contributed by atoms with Gasteiger partial charge >= 0.3 is 6.09 Å². The minimum atomic E-state index is -3.93.